The number of hydrogen-bond acceptors (Lipinski definition) is 6. The van der Waals surface area contributed by atoms with Crippen LogP contribution in [-0.4, -0.2) is 61.2 Å². The van der Waals surface area contributed by atoms with Crippen LogP contribution in [0.3, 0.4) is 0 Å². The summed E-state index contributed by atoms with van der Waals surface area (Å²) >= 11 is 0. The molecule has 9 nitrogen and oxygen atoms in total. The largest absolute Gasteiger partial charge is 0.497 e. The van der Waals surface area contributed by atoms with Crippen LogP contribution in [0, 0.1) is 11.6 Å². The highest BCUT2D eigenvalue weighted by Crippen LogP contribution is 2.34. The minimum Gasteiger partial charge on any atom is -0.497 e. The minimum atomic E-state index is -0.926. The minimum absolute atomic E-state index is 0.0683. The standard InChI is InChI=1S/C29H30F2N6O3/c1-40-19-2-4-24-17(14-19)6-12-36(29(39)34-24)18-7-10-35(11-8-18)26-15-21(23(32)16-33-26)28(38)37-13-9-20-25(37)5-3-22(30)27(20)31/h2-5,14-16,18H,6-13,32H2,1H3,(H,34,39). The summed E-state index contributed by atoms with van der Waals surface area (Å²) < 4.78 is 33.3. The zero-order valence-corrected chi connectivity index (χ0v) is 22.1. The third-order valence-corrected chi connectivity index (χ3v) is 8.11. The molecule has 4 heterocycles. The van der Waals surface area contributed by atoms with Gasteiger partial charge in [-0.15, -0.1) is 0 Å². The number of rotatable bonds is 4. The van der Waals surface area contributed by atoms with Crippen LogP contribution in [0.4, 0.5) is 36.5 Å². The first-order chi connectivity index (χ1) is 19.3. The number of carbonyl (C=O) groups excluding carboxylic acids is 2. The van der Waals surface area contributed by atoms with Crippen molar-refractivity contribution in [3.8, 4) is 5.75 Å². The second-order valence-electron chi connectivity index (χ2n) is 10.3. The molecule has 0 bridgehead atoms. The van der Waals surface area contributed by atoms with Gasteiger partial charge in [0.25, 0.3) is 5.91 Å². The molecule has 0 unspecified atom stereocenters. The molecule has 3 amide bonds. The number of pyridine rings is 1. The van der Waals surface area contributed by atoms with E-state index in [1.807, 2.05) is 23.1 Å². The van der Waals surface area contributed by atoms with Crippen molar-refractivity contribution in [1.82, 2.24) is 9.88 Å². The lowest BCUT2D eigenvalue weighted by Crippen LogP contribution is -2.49. The monoisotopic (exact) mass is 548 g/mol. The molecule has 1 fully saturated rings. The molecule has 2 aromatic carbocycles. The van der Waals surface area contributed by atoms with Crippen LogP contribution >= 0.6 is 0 Å². The topological polar surface area (TPSA) is 104 Å². The third kappa shape index (κ3) is 4.55. The fraction of sp³-hybridized carbons (Fsp3) is 0.345. The fourth-order valence-corrected chi connectivity index (χ4v) is 5.90. The maximum absolute atomic E-state index is 14.3. The van der Waals surface area contributed by atoms with E-state index in [1.54, 1.807) is 13.2 Å². The Kier molecular flexibility index (Phi) is 6.65. The number of ether oxygens (including phenoxy) is 1. The Morgan fingerprint density at radius 2 is 1.88 bits per heavy atom. The number of nitrogens with one attached hydrogen (secondary N) is 1. The molecule has 1 aromatic heterocycles. The van der Waals surface area contributed by atoms with Crippen molar-refractivity contribution in [2.24, 2.45) is 0 Å². The molecule has 0 atom stereocenters. The molecule has 3 aliphatic rings. The van der Waals surface area contributed by atoms with Crippen LogP contribution < -0.4 is 25.6 Å². The van der Waals surface area contributed by atoms with Crippen LogP contribution in [0.2, 0.25) is 0 Å². The number of anilines is 4. The van der Waals surface area contributed by atoms with Gasteiger partial charge in [0.05, 0.1) is 30.2 Å². The predicted molar refractivity (Wildman–Crippen MR) is 148 cm³/mol. The molecule has 11 heteroatoms. The van der Waals surface area contributed by atoms with Gasteiger partial charge in [0.2, 0.25) is 0 Å². The molecule has 0 aliphatic carbocycles. The van der Waals surface area contributed by atoms with Gasteiger partial charge in [0, 0.05) is 43.5 Å². The average Bonchev–Trinajstić information content (AvgIpc) is 3.33. The van der Waals surface area contributed by atoms with Gasteiger partial charge in [-0.25, -0.2) is 18.6 Å². The third-order valence-electron chi connectivity index (χ3n) is 8.11. The number of benzene rings is 2. The highest BCUT2D eigenvalue weighted by atomic mass is 19.2. The summed E-state index contributed by atoms with van der Waals surface area (Å²) in [6, 6.07) is 9.76. The summed E-state index contributed by atoms with van der Waals surface area (Å²) in [6.45, 7) is 2.15. The van der Waals surface area contributed by atoms with E-state index in [0.717, 1.165) is 42.3 Å². The Bertz CT molecular complexity index is 1490. The molecule has 0 spiro atoms. The maximum Gasteiger partial charge on any atom is 0.322 e. The summed E-state index contributed by atoms with van der Waals surface area (Å²) in [7, 11) is 1.63. The molecule has 6 rings (SSSR count). The molecular weight excluding hydrogens is 518 g/mol. The molecule has 208 valence electrons. The van der Waals surface area contributed by atoms with Gasteiger partial charge < -0.3 is 30.5 Å². The smallest absolute Gasteiger partial charge is 0.322 e. The number of aromatic nitrogens is 1. The first-order valence-corrected chi connectivity index (χ1v) is 13.4. The SMILES string of the molecule is COc1ccc2c(c1)CCN(C1CCN(c3cc(C(=O)N4CCc5c4ccc(F)c5F)c(N)cn3)CC1)C(=O)N2. The van der Waals surface area contributed by atoms with E-state index in [0.29, 0.717) is 31.1 Å². The second kappa shape index (κ2) is 10.3. The number of nitrogen functional groups attached to an aromatic ring is 1. The lowest BCUT2D eigenvalue weighted by atomic mass is 10.0. The summed E-state index contributed by atoms with van der Waals surface area (Å²) in [6.07, 6.45) is 3.91. The average molecular weight is 549 g/mol. The van der Waals surface area contributed by atoms with Gasteiger partial charge in [-0.2, -0.15) is 0 Å². The predicted octanol–water partition coefficient (Wildman–Crippen LogP) is 4.21. The van der Waals surface area contributed by atoms with Gasteiger partial charge in [0.15, 0.2) is 11.6 Å². The quantitative estimate of drug-likeness (QED) is 0.506. The Morgan fingerprint density at radius 1 is 1.07 bits per heavy atom. The number of piperidine rings is 1. The van der Waals surface area contributed by atoms with Gasteiger partial charge in [-0.05, 0) is 67.6 Å². The zero-order chi connectivity index (χ0) is 28.0. The molecular formula is C29H30F2N6O3. The number of nitrogens with zero attached hydrogens (tertiary/aromatic N) is 4. The molecule has 0 radical (unpaired) electrons. The van der Waals surface area contributed by atoms with Crippen molar-refractivity contribution < 1.29 is 23.1 Å². The van der Waals surface area contributed by atoms with E-state index in [-0.39, 0.29) is 47.8 Å². The van der Waals surface area contributed by atoms with E-state index >= 15 is 0 Å². The number of amides is 3. The fourth-order valence-electron chi connectivity index (χ4n) is 5.90. The normalized spacial score (nSPS) is 17.3. The summed E-state index contributed by atoms with van der Waals surface area (Å²) in [5, 5.41) is 3.04. The van der Waals surface area contributed by atoms with Gasteiger partial charge in [-0.3, -0.25) is 4.79 Å². The Hall–Kier alpha value is -4.41. The lowest BCUT2D eigenvalue weighted by molar-refractivity contribution is 0.0990. The number of nitrogens with two attached hydrogens (primary N) is 1. The van der Waals surface area contributed by atoms with Crippen molar-refractivity contribution in [3.63, 3.8) is 0 Å². The zero-order valence-electron chi connectivity index (χ0n) is 22.1. The second-order valence-corrected chi connectivity index (χ2v) is 10.3. The number of halogens is 2. The Labute approximate surface area is 230 Å². The van der Waals surface area contributed by atoms with Gasteiger partial charge in [-0.1, -0.05) is 0 Å². The summed E-state index contributed by atoms with van der Waals surface area (Å²) in [4.78, 5) is 36.4. The van der Waals surface area contributed by atoms with Gasteiger partial charge in [0.1, 0.15) is 11.6 Å². The van der Waals surface area contributed by atoms with Crippen LogP contribution in [0.25, 0.3) is 0 Å². The highest BCUT2D eigenvalue weighted by Gasteiger charge is 2.33. The number of fused-ring (bicyclic) bond motifs is 2. The first kappa shape index (κ1) is 25.8. The van der Waals surface area contributed by atoms with Crippen LogP contribution in [-0.2, 0) is 12.8 Å². The Morgan fingerprint density at radius 3 is 2.65 bits per heavy atom. The van der Waals surface area contributed by atoms with Crippen molar-refractivity contribution >= 4 is 34.8 Å². The molecule has 3 aliphatic heterocycles. The maximum atomic E-state index is 14.3. The molecule has 40 heavy (non-hydrogen) atoms. The van der Waals surface area contributed by atoms with Gasteiger partial charge >= 0.3 is 6.03 Å². The summed E-state index contributed by atoms with van der Waals surface area (Å²) in [5.74, 6) is -0.845. The molecule has 1 saturated heterocycles. The van der Waals surface area contributed by atoms with E-state index in [2.05, 4.69) is 15.2 Å². The number of hydrogen-bond donors (Lipinski definition) is 2. The van der Waals surface area contributed by atoms with E-state index in [9.17, 15) is 18.4 Å². The first-order valence-electron chi connectivity index (χ1n) is 13.4. The van der Waals surface area contributed by atoms with Crippen LogP contribution in [0.5, 0.6) is 5.75 Å². The number of carbonyl (C=O) groups is 2. The summed E-state index contributed by atoms with van der Waals surface area (Å²) in [5.41, 5.74) is 9.04. The molecule has 3 N–H and O–H groups in total. The highest BCUT2D eigenvalue weighted by molar-refractivity contribution is 6.10. The lowest BCUT2D eigenvalue weighted by Gasteiger charge is -2.38. The number of methoxy groups -OCH3 is 1. The van der Waals surface area contributed by atoms with Crippen molar-refractivity contribution in [1.29, 1.82) is 0 Å². The van der Waals surface area contributed by atoms with E-state index in [1.165, 1.54) is 17.2 Å². The van der Waals surface area contributed by atoms with E-state index in [4.69, 9.17) is 10.5 Å². The van der Waals surface area contributed by atoms with Crippen molar-refractivity contribution in [3.05, 3.63) is 70.9 Å². The Balaban J connectivity index is 1.14. The van der Waals surface area contributed by atoms with Crippen molar-refractivity contribution in [2.45, 2.75) is 31.7 Å². The van der Waals surface area contributed by atoms with E-state index < -0.39 is 11.6 Å². The molecule has 0 saturated carbocycles. The molecule has 3 aromatic rings. The van der Waals surface area contributed by atoms with Crippen LogP contribution in [0.15, 0.2) is 42.6 Å². The number of urea groups is 1. The van der Waals surface area contributed by atoms with Crippen molar-refractivity contribution in [2.75, 3.05) is 54.1 Å². The van der Waals surface area contributed by atoms with Crippen LogP contribution in [0.1, 0.15) is 34.3 Å².